The summed E-state index contributed by atoms with van der Waals surface area (Å²) in [6.07, 6.45) is 3.96. The highest BCUT2D eigenvalue weighted by Gasteiger charge is 2.16. The van der Waals surface area contributed by atoms with Crippen molar-refractivity contribution < 1.29 is 0 Å². The Morgan fingerprint density at radius 2 is 0.750 bits per heavy atom. The quantitative estimate of drug-likeness (QED) is 0.221. The molecule has 0 spiro atoms. The summed E-state index contributed by atoms with van der Waals surface area (Å²) in [6.45, 7) is 0. The van der Waals surface area contributed by atoms with E-state index in [1.54, 1.807) is 0 Å². The van der Waals surface area contributed by atoms with Gasteiger partial charge in [-0.15, -0.1) is 0 Å². The number of aromatic nitrogens is 2. The Hall–Kier alpha value is -5.34. The first-order valence-corrected chi connectivity index (χ1v) is 13.6. The third-order valence-electron chi connectivity index (χ3n) is 7.96. The highest BCUT2D eigenvalue weighted by Crippen LogP contribution is 2.42. The van der Waals surface area contributed by atoms with Crippen molar-refractivity contribution in [3.63, 3.8) is 0 Å². The minimum Gasteiger partial charge on any atom is -0.256 e. The topological polar surface area (TPSA) is 25.8 Å². The fourth-order valence-corrected chi connectivity index (χ4v) is 5.96. The SMILES string of the molecule is c1ccc(-c2ccc(-c3ccc4ccc5c(-c6ccc(-c7ccccc7)cn6)ccc6ccc3c4c65)nc2)cc1. The van der Waals surface area contributed by atoms with Crippen molar-refractivity contribution in [2.24, 2.45) is 0 Å². The van der Waals surface area contributed by atoms with E-state index >= 15 is 0 Å². The molecular weight excluding hydrogens is 484 g/mol. The first kappa shape index (κ1) is 22.6. The average molecular weight is 509 g/mol. The molecular formula is C38H24N2. The molecule has 0 radical (unpaired) electrons. The van der Waals surface area contributed by atoms with Gasteiger partial charge in [0.1, 0.15) is 0 Å². The van der Waals surface area contributed by atoms with E-state index in [4.69, 9.17) is 9.97 Å². The molecule has 0 aliphatic heterocycles. The fourth-order valence-electron chi connectivity index (χ4n) is 5.96. The second kappa shape index (κ2) is 9.14. The lowest BCUT2D eigenvalue weighted by Crippen LogP contribution is -1.92. The lowest BCUT2D eigenvalue weighted by atomic mass is 9.88. The largest absolute Gasteiger partial charge is 0.256 e. The molecule has 0 fully saturated rings. The zero-order chi connectivity index (χ0) is 26.5. The van der Waals surface area contributed by atoms with E-state index in [0.29, 0.717) is 0 Å². The molecule has 8 aromatic rings. The number of rotatable bonds is 4. The van der Waals surface area contributed by atoms with Gasteiger partial charge in [-0.3, -0.25) is 9.97 Å². The lowest BCUT2D eigenvalue weighted by molar-refractivity contribution is 1.33. The molecule has 0 aliphatic rings. The molecule has 0 N–H and O–H groups in total. The molecule has 40 heavy (non-hydrogen) atoms. The summed E-state index contributed by atoms with van der Waals surface area (Å²) in [4.78, 5) is 9.79. The molecule has 0 unspecified atom stereocenters. The Morgan fingerprint density at radius 3 is 1.15 bits per heavy atom. The van der Waals surface area contributed by atoms with Crippen molar-refractivity contribution in [1.82, 2.24) is 9.97 Å². The maximum absolute atomic E-state index is 4.90. The molecule has 0 saturated carbocycles. The molecule has 2 heteroatoms. The van der Waals surface area contributed by atoms with E-state index in [1.807, 2.05) is 24.5 Å². The van der Waals surface area contributed by atoms with Crippen molar-refractivity contribution in [2.45, 2.75) is 0 Å². The minimum atomic E-state index is 0.982. The lowest BCUT2D eigenvalue weighted by Gasteiger charge is -2.16. The van der Waals surface area contributed by atoms with Crippen LogP contribution in [-0.2, 0) is 0 Å². The molecule has 0 bridgehead atoms. The second-order valence-electron chi connectivity index (χ2n) is 10.2. The van der Waals surface area contributed by atoms with Crippen LogP contribution in [0.2, 0.25) is 0 Å². The van der Waals surface area contributed by atoms with E-state index in [0.717, 1.165) is 33.6 Å². The normalized spacial score (nSPS) is 11.5. The molecule has 2 aromatic heterocycles. The Kier molecular flexibility index (Phi) is 5.17. The smallest absolute Gasteiger partial charge is 0.0708 e. The van der Waals surface area contributed by atoms with Crippen LogP contribution < -0.4 is 0 Å². The molecule has 0 saturated heterocycles. The molecule has 0 atom stereocenters. The van der Waals surface area contributed by atoms with E-state index in [-0.39, 0.29) is 0 Å². The third-order valence-corrected chi connectivity index (χ3v) is 7.96. The van der Waals surface area contributed by atoms with Gasteiger partial charge in [0, 0.05) is 34.6 Å². The van der Waals surface area contributed by atoms with Crippen LogP contribution in [0.25, 0.3) is 77.1 Å². The summed E-state index contributed by atoms with van der Waals surface area (Å²) >= 11 is 0. The third kappa shape index (κ3) is 3.65. The van der Waals surface area contributed by atoms with Crippen LogP contribution >= 0.6 is 0 Å². The highest BCUT2D eigenvalue weighted by atomic mass is 14.7. The van der Waals surface area contributed by atoms with Gasteiger partial charge in [0.05, 0.1) is 11.4 Å². The summed E-state index contributed by atoms with van der Waals surface area (Å²) in [7, 11) is 0. The summed E-state index contributed by atoms with van der Waals surface area (Å²) in [6, 6.07) is 47.2. The van der Waals surface area contributed by atoms with Gasteiger partial charge >= 0.3 is 0 Å². The Balaban J connectivity index is 1.27. The number of hydrogen-bond acceptors (Lipinski definition) is 2. The Morgan fingerprint density at radius 1 is 0.325 bits per heavy atom. The molecule has 0 amide bonds. The first-order valence-electron chi connectivity index (χ1n) is 13.6. The van der Waals surface area contributed by atoms with Crippen molar-refractivity contribution in [1.29, 1.82) is 0 Å². The summed E-state index contributed by atoms with van der Waals surface area (Å²) in [5.41, 5.74) is 8.86. The van der Waals surface area contributed by atoms with Crippen LogP contribution in [0.1, 0.15) is 0 Å². The predicted molar refractivity (Wildman–Crippen MR) is 167 cm³/mol. The molecule has 8 rings (SSSR count). The maximum Gasteiger partial charge on any atom is 0.0708 e. The maximum atomic E-state index is 4.90. The first-order chi connectivity index (χ1) is 19.8. The van der Waals surface area contributed by atoms with Gasteiger partial charge < -0.3 is 0 Å². The second-order valence-corrected chi connectivity index (χ2v) is 10.2. The van der Waals surface area contributed by atoms with Crippen LogP contribution in [-0.4, -0.2) is 9.97 Å². The van der Waals surface area contributed by atoms with Crippen molar-refractivity contribution in [2.75, 3.05) is 0 Å². The number of nitrogens with zero attached hydrogens (tertiary/aromatic N) is 2. The van der Waals surface area contributed by atoms with E-state index < -0.39 is 0 Å². The summed E-state index contributed by atoms with van der Waals surface area (Å²) in [5, 5.41) is 7.48. The van der Waals surface area contributed by atoms with Crippen LogP contribution in [0.3, 0.4) is 0 Å². The number of hydrogen-bond donors (Lipinski definition) is 0. The van der Waals surface area contributed by atoms with Crippen molar-refractivity contribution >= 4 is 32.3 Å². The van der Waals surface area contributed by atoms with Gasteiger partial charge in [0.2, 0.25) is 0 Å². The molecule has 186 valence electrons. The van der Waals surface area contributed by atoms with Gasteiger partial charge in [-0.1, -0.05) is 121 Å². The van der Waals surface area contributed by atoms with Crippen LogP contribution in [0.15, 0.2) is 146 Å². The molecule has 0 aliphatic carbocycles. The van der Waals surface area contributed by atoms with Gasteiger partial charge in [0.25, 0.3) is 0 Å². The summed E-state index contributed by atoms with van der Waals surface area (Å²) < 4.78 is 0. The van der Waals surface area contributed by atoms with E-state index in [9.17, 15) is 0 Å². The fraction of sp³-hybridized carbons (Fsp3) is 0. The van der Waals surface area contributed by atoms with Gasteiger partial charge in [-0.2, -0.15) is 0 Å². The van der Waals surface area contributed by atoms with E-state index in [1.165, 1.54) is 43.4 Å². The van der Waals surface area contributed by atoms with E-state index in [2.05, 4.69) is 121 Å². The number of pyridine rings is 2. The standard InChI is InChI=1S/C38H24N2/c1-3-7-25(8-4-1)29-15-21-35(39-23-29)31-17-11-27-14-20-34-32(18-12-28-13-19-33(31)37(27)38(28)34)36-22-16-30(24-40-36)26-9-5-2-6-10-26/h1-24H. The van der Waals surface area contributed by atoms with Crippen LogP contribution in [0, 0.1) is 0 Å². The summed E-state index contributed by atoms with van der Waals surface area (Å²) in [5.74, 6) is 0. The zero-order valence-electron chi connectivity index (χ0n) is 21.8. The Bertz CT molecular complexity index is 1960. The Labute approximate surface area is 232 Å². The van der Waals surface area contributed by atoms with Crippen LogP contribution in [0.5, 0.6) is 0 Å². The van der Waals surface area contributed by atoms with Gasteiger partial charge in [-0.25, -0.2) is 0 Å². The van der Waals surface area contributed by atoms with Gasteiger partial charge in [-0.05, 0) is 55.6 Å². The van der Waals surface area contributed by atoms with Gasteiger partial charge in [0.15, 0.2) is 0 Å². The zero-order valence-corrected chi connectivity index (χ0v) is 21.8. The minimum absolute atomic E-state index is 0.982. The number of benzene rings is 6. The molecule has 2 heterocycles. The van der Waals surface area contributed by atoms with Crippen molar-refractivity contribution in [3.8, 4) is 44.8 Å². The average Bonchev–Trinajstić information content (AvgIpc) is 3.04. The highest BCUT2D eigenvalue weighted by molar-refractivity contribution is 6.27. The van der Waals surface area contributed by atoms with Crippen molar-refractivity contribution in [3.05, 3.63) is 146 Å². The molecule has 2 nitrogen and oxygen atoms in total. The monoisotopic (exact) mass is 508 g/mol. The van der Waals surface area contributed by atoms with Crippen LogP contribution in [0.4, 0.5) is 0 Å². The molecule has 6 aromatic carbocycles. The predicted octanol–water partition coefficient (Wildman–Crippen LogP) is 10.0.